The van der Waals surface area contributed by atoms with Crippen LogP contribution in [0.2, 0.25) is 0 Å². The van der Waals surface area contributed by atoms with Crippen LogP contribution < -0.4 is 10.6 Å². The van der Waals surface area contributed by atoms with Gasteiger partial charge in [-0.2, -0.15) is 15.3 Å². The molecule has 10 nitrogen and oxygen atoms in total. The third-order valence-electron chi connectivity index (χ3n) is 5.33. The number of nitrogen functional groups attached to an aromatic ring is 1. The number of aryl methyl sites for hydroxylation is 2. The van der Waals surface area contributed by atoms with E-state index in [1.165, 1.54) is 0 Å². The number of nitriles is 1. The van der Waals surface area contributed by atoms with E-state index >= 15 is 0 Å². The van der Waals surface area contributed by atoms with Gasteiger partial charge in [0.25, 0.3) is 5.95 Å². The van der Waals surface area contributed by atoms with Gasteiger partial charge < -0.3 is 15.7 Å². The van der Waals surface area contributed by atoms with E-state index in [0.29, 0.717) is 23.9 Å². The molecule has 4 heterocycles. The average molecular weight is 419 g/mol. The Kier molecular flexibility index (Phi) is 5.79. The highest BCUT2D eigenvalue weighted by Crippen LogP contribution is 2.26. The van der Waals surface area contributed by atoms with Crippen molar-refractivity contribution < 1.29 is 5.11 Å². The van der Waals surface area contributed by atoms with E-state index in [1.54, 1.807) is 4.68 Å². The molecular weight excluding hydrogens is 394 g/mol. The van der Waals surface area contributed by atoms with Crippen LogP contribution in [0.1, 0.15) is 17.0 Å². The molecule has 1 saturated heterocycles. The fourth-order valence-corrected chi connectivity index (χ4v) is 3.76. The summed E-state index contributed by atoms with van der Waals surface area (Å²) < 4.78 is 1.61. The highest BCUT2D eigenvalue weighted by Gasteiger charge is 2.21. The second-order valence-electron chi connectivity index (χ2n) is 7.52. The molecular formula is C21H25N9O. The summed E-state index contributed by atoms with van der Waals surface area (Å²) in [5, 5.41) is 23.2. The summed E-state index contributed by atoms with van der Waals surface area (Å²) in [6.07, 6.45) is 0. The number of β-amino-alcohol motifs (C(OH)–C–C–N with tert-alkyl or cyclic N) is 1. The van der Waals surface area contributed by atoms with Gasteiger partial charge in [-0.25, -0.2) is 14.6 Å². The van der Waals surface area contributed by atoms with Gasteiger partial charge in [-0.15, -0.1) is 0 Å². The summed E-state index contributed by atoms with van der Waals surface area (Å²) >= 11 is 0. The zero-order valence-corrected chi connectivity index (χ0v) is 17.7. The van der Waals surface area contributed by atoms with Gasteiger partial charge in [-0.05, 0) is 32.0 Å². The van der Waals surface area contributed by atoms with Gasteiger partial charge >= 0.3 is 0 Å². The van der Waals surface area contributed by atoms with Crippen molar-refractivity contribution in [3.63, 3.8) is 0 Å². The Morgan fingerprint density at radius 2 is 1.90 bits per heavy atom. The molecule has 3 aromatic heterocycles. The van der Waals surface area contributed by atoms with Crippen molar-refractivity contribution in [1.29, 1.82) is 5.26 Å². The zero-order chi connectivity index (χ0) is 22.0. The Hall–Kier alpha value is -3.55. The molecule has 3 N–H and O–H groups in total. The van der Waals surface area contributed by atoms with Gasteiger partial charge in [0.1, 0.15) is 29.0 Å². The van der Waals surface area contributed by atoms with Crippen molar-refractivity contribution in [1.82, 2.24) is 29.6 Å². The number of anilines is 2. The lowest BCUT2D eigenvalue weighted by atomic mass is 10.1. The topological polar surface area (TPSA) is 133 Å². The Balaban J connectivity index is 1.70. The molecule has 3 aromatic rings. The van der Waals surface area contributed by atoms with E-state index in [-0.39, 0.29) is 18.0 Å². The Morgan fingerprint density at radius 1 is 1.13 bits per heavy atom. The van der Waals surface area contributed by atoms with Gasteiger partial charge in [0.2, 0.25) is 0 Å². The summed E-state index contributed by atoms with van der Waals surface area (Å²) in [7, 11) is 0. The van der Waals surface area contributed by atoms with Crippen molar-refractivity contribution in [3.05, 3.63) is 41.2 Å². The SMILES string of the molecule is Cc1cc(C)n(-c2nc(N)c(C#N)c(-c3cccc(N4CCN(CCO)CC4)n3)n2)n1. The van der Waals surface area contributed by atoms with Crippen molar-refractivity contribution in [2.24, 2.45) is 0 Å². The van der Waals surface area contributed by atoms with E-state index < -0.39 is 0 Å². The number of nitrogens with zero attached hydrogens (tertiary/aromatic N) is 8. The van der Waals surface area contributed by atoms with Crippen molar-refractivity contribution in [2.45, 2.75) is 13.8 Å². The van der Waals surface area contributed by atoms with Crippen molar-refractivity contribution >= 4 is 11.6 Å². The van der Waals surface area contributed by atoms with Gasteiger partial charge in [-0.3, -0.25) is 4.90 Å². The summed E-state index contributed by atoms with van der Waals surface area (Å²) in [6.45, 7) is 7.99. The Bertz CT molecular complexity index is 1130. The number of rotatable bonds is 5. The number of aliphatic hydroxyl groups excluding tert-OH is 1. The molecule has 0 unspecified atom stereocenters. The third-order valence-corrected chi connectivity index (χ3v) is 5.33. The minimum atomic E-state index is 0.0971. The first-order valence-corrected chi connectivity index (χ1v) is 10.2. The Morgan fingerprint density at radius 3 is 2.55 bits per heavy atom. The lowest BCUT2D eigenvalue weighted by molar-refractivity contribution is 0.188. The molecule has 4 rings (SSSR count). The average Bonchev–Trinajstić information content (AvgIpc) is 3.12. The first-order valence-electron chi connectivity index (χ1n) is 10.2. The van der Waals surface area contributed by atoms with Crippen LogP contribution in [0.25, 0.3) is 17.3 Å². The number of pyridine rings is 1. The van der Waals surface area contributed by atoms with Crippen LogP contribution >= 0.6 is 0 Å². The van der Waals surface area contributed by atoms with Crippen molar-refractivity contribution in [3.8, 4) is 23.4 Å². The maximum absolute atomic E-state index is 9.68. The molecule has 0 spiro atoms. The predicted octanol–water partition coefficient (Wildman–Crippen LogP) is 0.909. The van der Waals surface area contributed by atoms with E-state index in [9.17, 15) is 5.26 Å². The molecule has 0 atom stereocenters. The summed E-state index contributed by atoms with van der Waals surface area (Å²) in [6, 6.07) is 9.71. The summed E-state index contributed by atoms with van der Waals surface area (Å²) in [5.74, 6) is 1.22. The minimum absolute atomic E-state index is 0.0971. The number of hydrogen-bond donors (Lipinski definition) is 2. The fourth-order valence-electron chi connectivity index (χ4n) is 3.76. The van der Waals surface area contributed by atoms with Gasteiger partial charge in [0, 0.05) is 38.4 Å². The maximum atomic E-state index is 9.68. The number of aliphatic hydroxyl groups is 1. The maximum Gasteiger partial charge on any atom is 0.253 e. The number of aromatic nitrogens is 5. The zero-order valence-electron chi connectivity index (χ0n) is 17.7. The fraction of sp³-hybridized carbons (Fsp3) is 0.381. The third kappa shape index (κ3) is 4.19. The van der Waals surface area contributed by atoms with E-state index in [0.717, 1.165) is 43.4 Å². The second-order valence-corrected chi connectivity index (χ2v) is 7.52. The van der Waals surface area contributed by atoms with Crippen LogP contribution in [-0.4, -0.2) is 74.1 Å². The standard InChI is InChI=1S/C21H25N9O/c1-14-12-15(2)30(27-14)21-25-19(16(13-22)20(23)26-21)17-4-3-5-18(24-17)29-8-6-28(7-9-29)10-11-31/h3-5,12,31H,6-11H2,1-2H3,(H2,23,25,26). The first kappa shape index (κ1) is 20.7. The predicted molar refractivity (Wildman–Crippen MR) is 117 cm³/mol. The molecule has 1 aliphatic rings. The number of piperazine rings is 1. The lowest BCUT2D eigenvalue weighted by Gasteiger charge is -2.35. The molecule has 31 heavy (non-hydrogen) atoms. The van der Waals surface area contributed by atoms with Crippen LogP contribution in [0, 0.1) is 25.2 Å². The highest BCUT2D eigenvalue weighted by molar-refractivity contribution is 5.71. The van der Waals surface area contributed by atoms with Gasteiger partial charge in [-0.1, -0.05) is 6.07 Å². The molecule has 0 aliphatic carbocycles. The van der Waals surface area contributed by atoms with Crippen LogP contribution in [0.5, 0.6) is 0 Å². The summed E-state index contributed by atoms with van der Waals surface area (Å²) in [5.41, 5.74) is 8.96. The van der Waals surface area contributed by atoms with E-state index in [2.05, 4.69) is 30.9 Å². The molecule has 0 saturated carbocycles. The molecule has 0 radical (unpaired) electrons. The molecule has 0 bridgehead atoms. The monoisotopic (exact) mass is 419 g/mol. The summed E-state index contributed by atoms with van der Waals surface area (Å²) in [4.78, 5) is 18.1. The van der Waals surface area contributed by atoms with Crippen LogP contribution in [0.4, 0.5) is 11.6 Å². The first-order chi connectivity index (χ1) is 15.0. The largest absolute Gasteiger partial charge is 0.395 e. The highest BCUT2D eigenvalue weighted by atomic mass is 16.3. The van der Waals surface area contributed by atoms with Crippen LogP contribution in [0.3, 0.4) is 0 Å². The number of nitrogens with two attached hydrogens (primary N) is 1. The molecule has 1 aliphatic heterocycles. The quantitative estimate of drug-likeness (QED) is 0.619. The molecule has 0 aromatic carbocycles. The van der Waals surface area contributed by atoms with E-state index in [4.69, 9.17) is 15.8 Å². The van der Waals surface area contributed by atoms with E-state index in [1.807, 2.05) is 38.1 Å². The van der Waals surface area contributed by atoms with Crippen molar-refractivity contribution in [2.75, 3.05) is 50.0 Å². The van der Waals surface area contributed by atoms with Crippen LogP contribution in [-0.2, 0) is 0 Å². The lowest BCUT2D eigenvalue weighted by Crippen LogP contribution is -2.47. The number of hydrogen-bond acceptors (Lipinski definition) is 9. The molecule has 160 valence electrons. The van der Waals surface area contributed by atoms with Crippen LogP contribution in [0.15, 0.2) is 24.3 Å². The molecule has 1 fully saturated rings. The molecule has 10 heteroatoms. The molecule has 0 amide bonds. The normalized spacial score (nSPS) is 14.6. The smallest absolute Gasteiger partial charge is 0.253 e. The second kappa shape index (κ2) is 8.67. The Labute approximate surface area is 180 Å². The minimum Gasteiger partial charge on any atom is -0.395 e. The van der Waals surface area contributed by atoms with Gasteiger partial charge in [0.05, 0.1) is 18.0 Å². The van der Waals surface area contributed by atoms with Gasteiger partial charge in [0.15, 0.2) is 0 Å².